The number of carbonyl (C=O) groups excluding carboxylic acids is 1. The average Bonchev–Trinajstić information content (AvgIpc) is 2.70. The molecule has 1 aromatic rings. The number of nitrogens with one attached hydrogen (secondary N) is 1. The van der Waals surface area contributed by atoms with Crippen LogP contribution in [0.5, 0.6) is 0 Å². The van der Waals surface area contributed by atoms with Crippen LogP contribution in [0.2, 0.25) is 0 Å². The second-order valence-corrected chi connectivity index (χ2v) is 4.32. The highest BCUT2D eigenvalue weighted by atomic mass is 16.2. The maximum Gasteiger partial charge on any atom is 0.322 e. The fraction of sp³-hybridized carbons (Fsp3) is 0.462. The molecule has 17 heavy (non-hydrogen) atoms. The van der Waals surface area contributed by atoms with Crippen LogP contribution < -0.4 is 16.0 Å². The molecule has 4 nitrogen and oxygen atoms in total. The van der Waals surface area contributed by atoms with Gasteiger partial charge in [0.2, 0.25) is 0 Å². The minimum Gasteiger partial charge on any atom is -0.333 e. The number of amides is 2. The van der Waals surface area contributed by atoms with Crippen molar-refractivity contribution in [3.05, 3.63) is 29.8 Å². The molecular weight excluding hydrogens is 214 g/mol. The van der Waals surface area contributed by atoms with Crippen LogP contribution in [-0.2, 0) is 6.42 Å². The highest BCUT2D eigenvalue weighted by Gasteiger charge is 2.29. The largest absolute Gasteiger partial charge is 0.333 e. The Morgan fingerprint density at radius 1 is 1.47 bits per heavy atom. The maximum atomic E-state index is 11.9. The summed E-state index contributed by atoms with van der Waals surface area (Å²) in [5.74, 6) is 0. The summed E-state index contributed by atoms with van der Waals surface area (Å²) in [6.07, 6.45) is 1.76. The van der Waals surface area contributed by atoms with E-state index in [1.54, 1.807) is 0 Å². The zero-order chi connectivity index (χ0) is 12.3. The van der Waals surface area contributed by atoms with E-state index >= 15 is 0 Å². The summed E-state index contributed by atoms with van der Waals surface area (Å²) in [5, 5.41) is 2.96. The SMILES string of the molecule is CCc1ccccc1N1CC(CCN)NC1=O. The molecule has 4 heteroatoms. The first-order chi connectivity index (χ1) is 8.26. The third kappa shape index (κ3) is 2.42. The van der Waals surface area contributed by atoms with Gasteiger partial charge in [-0.15, -0.1) is 0 Å². The molecule has 1 aromatic carbocycles. The van der Waals surface area contributed by atoms with Crippen LogP contribution >= 0.6 is 0 Å². The van der Waals surface area contributed by atoms with E-state index < -0.39 is 0 Å². The zero-order valence-corrected chi connectivity index (χ0v) is 10.1. The molecule has 1 atom stereocenters. The lowest BCUT2D eigenvalue weighted by molar-refractivity contribution is 0.250. The van der Waals surface area contributed by atoms with Crippen LogP contribution in [0.25, 0.3) is 0 Å². The maximum absolute atomic E-state index is 11.9. The van der Waals surface area contributed by atoms with Crippen molar-refractivity contribution in [2.24, 2.45) is 5.73 Å². The van der Waals surface area contributed by atoms with Gasteiger partial charge in [0.25, 0.3) is 0 Å². The molecule has 0 aliphatic carbocycles. The summed E-state index contributed by atoms with van der Waals surface area (Å²) in [6.45, 7) is 3.42. The van der Waals surface area contributed by atoms with E-state index in [0.717, 1.165) is 18.5 Å². The molecule has 0 radical (unpaired) electrons. The normalized spacial score (nSPS) is 19.5. The summed E-state index contributed by atoms with van der Waals surface area (Å²) in [7, 11) is 0. The molecule has 0 saturated carbocycles. The van der Waals surface area contributed by atoms with Crippen molar-refractivity contribution in [1.82, 2.24) is 5.32 Å². The molecule has 1 aliphatic rings. The Kier molecular flexibility index (Phi) is 3.64. The number of carbonyl (C=O) groups is 1. The van der Waals surface area contributed by atoms with Gasteiger partial charge in [-0.1, -0.05) is 25.1 Å². The molecule has 92 valence electrons. The van der Waals surface area contributed by atoms with E-state index in [4.69, 9.17) is 5.73 Å². The van der Waals surface area contributed by atoms with Crippen molar-refractivity contribution in [2.45, 2.75) is 25.8 Å². The Morgan fingerprint density at radius 3 is 2.94 bits per heavy atom. The molecule has 0 spiro atoms. The van der Waals surface area contributed by atoms with Crippen LogP contribution in [-0.4, -0.2) is 25.2 Å². The fourth-order valence-corrected chi connectivity index (χ4v) is 2.25. The van der Waals surface area contributed by atoms with Crippen LogP contribution in [0, 0.1) is 0 Å². The first-order valence-corrected chi connectivity index (χ1v) is 6.12. The molecule has 2 rings (SSSR count). The molecule has 1 saturated heterocycles. The molecule has 2 amide bonds. The smallest absolute Gasteiger partial charge is 0.322 e. The van der Waals surface area contributed by atoms with Gasteiger partial charge in [0, 0.05) is 18.3 Å². The molecule has 3 N–H and O–H groups in total. The Balaban J connectivity index is 2.20. The number of anilines is 1. The first kappa shape index (κ1) is 11.9. The van der Waals surface area contributed by atoms with Crippen molar-refractivity contribution < 1.29 is 4.79 Å². The van der Waals surface area contributed by atoms with E-state index in [2.05, 4.69) is 18.3 Å². The third-order valence-electron chi connectivity index (χ3n) is 3.15. The number of nitrogens with two attached hydrogens (primary N) is 1. The number of aryl methyl sites for hydroxylation is 1. The quantitative estimate of drug-likeness (QED) is 0.828. The molecule has 1 aliphatic heterocycles. The summed E-state index contributed by atoms with van der Waals surface area (Å²) in [6, 6.07) is 8.22. The van der Waals surface area contributed by atoms with Gasteiger partial charge in [-0.2, -0.15) is 0 Å². The standard InChI is InChI=1S/C13H19N3O/c1-2-10-5-3-4-6-12(10)16-9-11(7-8-14)15-13(16)17/h3-6,11H,2,7-9,14H2,1H3,(H,15,17). The van der Waals surface area contributed by atoms with E-state index in [1.807, 2.05) is 23.1 Å². The predicted molar refractivity (Wildman–Crippen MR) is 69.2 cm³/mol. The summed E-state index contributed by atoms with van der Waals surface area (Å²) < 4.78 is 0. The average molecular weight is 233 g/mol. The van der Waals surface area contributed by atoms with Gasteiger partial charge >= 0.3 is 6.03 Å². The van der Waals surface area contributed by atoms with Crippen LogP contribution in [0.3, 0.4) is 0 Å². The number of rotatable bonds is 4. The number of urea groups is 1. The summed E-state index contributed by atoms with van der Waals surface area (Å²) in [4.78, 5) is 13.7. The Labute approximate surface area is 102 Å². The topological polar surface area (TPSA) is 58.4 Å². The number of benzene rings is 1. The van der Waals surface area contributed by atoms with Gasteiger partial charge < -0.3 is 11.1 Å². The minimum absolute atomic E-state index is 0.00986. The van der Waals surface area contributed by atoms with Crippen LogP contribution in [0.1, 0.15) is 18.9 Å². The van der Waals surface area contributed by atoms with Gasteiger partial charge in [-0.3, -0.25) is 4.90 Å². The minimum atomic E-state index is -0.00986. The van der Waals surface area contributed by atoms with Gasteiger partial charge in [0.05, 0.1) is 0 Å². The van der Waals surface area contributed by atoms with Crippen molar-refractivity contribution in [3.63, 3.8) is 0 Å². The van der Waals surface area contributed by atoms with Gasteiger partial charge in [0.1, 0.15) is 0 Å². The molecular formula is C13H19N3O. The highest BCUT2D eigenvalue weighted by Crippen LogP contribution is 2.24. The summed E-state index contributed by atoms with van der Waals surface area (Å²) in [5.41, 5.74) is 7.75. The second kappa shape index (κ2) is 5.19. The molecule has 0 aromatic heterocycles. The lowest BCUT2D eigenvalue weighted by Crippen LogP contribution is -2.29. The molecule has 0 bridgehead atoms. The van der Waals surface area contributed by atoms with Gasteiger partial charge in [0.15, 0.2) is 0 Å². The predicted octanol–water partition coefficient (Wildman–Crippen LogP) is 1.50. The van der Waals surface area contributed by atoms with Crippen molar-refractivity contribution in [2.75, 3.05) is 18.0 Å². The Morgan fingerprint density at radius 2 is 2.24 bits per heavy atom. The van der Waals surface area contributed by atoms with Crippen molar-refractivity contribution in [1.29, 1.82) is 0 Å². The lowest BCUT2D eigenvalue weighted by Gasteiger charge is -2.18. The fourth-order valence-electron chi connectivity index (χ4n) is 2.25. The van der Waals surface area contributed by atoms with E-state index in [9.17, 15) is 4.79 Å². The number of para-hydroxylation sites is 1. The second-order valence-electron chi connectivity index (χ2n) is 4.32. The zero-order valence-electron chi connectivity index (χ0n) is 10.1. The molecule has 1 fully saturated rings. The molecule has 1 heterocycles. The molecule has 1 unspecified atom stereocenters. The Bertz CT molecular complexity index is 405. The van der Waals surface area contributed by atoms with E-state index in [0.29, 0.717) is 13.1 Å². The first-order valence-electron chi connectivity index (χ1n) is 6.12. The van der Waals surface area contributed by atoms with Gasteiger partial charge in [-0.05, 0) is 31.0 Å². The lowest BCUT2D eigenvalue weighted by atomic mass is 10.1. The Hall–Kier alpha value is -1.55. The van der Waals surface area contributed by atoms with E-state index in [1.165, 1.54) is 5.56 Å². The van der Waals surface area contributed by atoms with Crippen LogP contribution in [0.15, 0.2) is 24.3 Å². The van der Waals surface area contributed by atoms with Gasteiger partial charge in [-0.25, -0.2) is 4.79 Å². The number of hydrogen-bond donors (Lipinski definition) is 2. The summed E-state index contributed by atoms with van der Waals surface area (Å²) >= 11 is 0. The van der Waals surface area contributed by atoms with Crippen molar-refractivity contribution >= 4 is 11.7 Å². The monoisotopic (exact) mass is 233 g/mol. The van der Waals surface area contributed by atoms with Crippen molar-refractivity contribution in [3.8, 4) is 0 Å². The number of hydrogen-bond acceptors (Lipinski definition) is 2. The number of nitrogens with zero attached hydrogens (tertiary/aromatic N) is 1. The third-order valence-corrected chi connectivity index (χ3v) is 3.15. The highest BCUT2D eigenvalue weighted by molar-refractivity contribution is 5.95. The van der Waals surface area contributed by atoms with Crippen LogP contribution in [0.4, 0.5) is 10.5 Å². The van der Waals surface area contributed by atoms with E-state index in [-0.39, 0.29) is 12.1 Å².